The van der Waals surface area contributed by atoms with E-state index < -0.39 is 18.0 Å². The molecule has 0 aromatic rings. The zero-order valence-corrected chi connectivity index (χ0v) is 13.2. The molecule has 124 valence electrons. The van der Waals surface area contributed by atoms with Gasteiger partial charge in [-0.2, -0.15) is 0 Å². The molecule has 0 aliphatic heterocycles. The summed E-state index contributed by atoms with van der Waals surface area (Å²) in [4.78, 5) is 20.4. The van der Waals surface area contributed by atoms with Crippen LogP contribution in [0.15, 0.2) is 0 Å². The third-order valence-corrected chi connectivity index (χ3v) is 3.44. The second-order valence-electron chi connectivity index (χ2n) is 5.49. The lowest BCUT2D eigenvalue weighted by Gasteiger charge is -2.24. The lowest BCUT2D eigenvalue weighted by Crippen LogP contribution is -2.42. The summed E-state index contributed by atoms with van der Waals surface area (Å²) in [5.74, 6) is -1.54. The second kappa shape index (κ2) is 12.6. The van der Waals surface area contributed by atoms with E-state index in [2.05, 4.69) is 17.6 Å². The van der Waals surface area contributed by atoms with Gasteiger partial charge in [-0.1, -0.05) is 32.6 Å². The number of aliphatic carboxylic acids is 2. The maximum Gasteiger partial charge on any atom is 0.320 e. The van der Waals surface area contributed by atoms with Gasteiger partial charge < -0.3 is 20.8 Å². The fourth-order valence-electron chi connectivity index (χ4n) is 2.19. The van der Waals surface area contributed by atoms with Crippen molar-refractivity contribution in [2.45, 2.75) is 70.9 Å². The number of nitrogens with one attached hydrogen (secondary N) is 2. The molecule has 0 aromatic carbocycles. The zero-order valence-electron chi connectivity index (χ0n) is 13.2. The van der Waals surface area contributed by atoms with Crippen molar-refractivity contribution < 1.29 is 19.8 Å². The first-order valence-electron chi connectivity index (χ1n) is 7.88. The molecule has 1 aliphatic carbocycles. The Morgan fingerprint density at radius 2 is 1.81 bits per heavy atom. The second-order valence-corrected chi connectivity index (χ2v) is 5.49. The van der Waals surface area contributed by atoms with Crippen molar-refractivity contribution in [2.75, 3.05) is 13.1 Å². The third kappa shape index (κ3) is 12.3. The molecule has 0 amide bonds. The Kier molecular flexibility index (Phi) is 11.9. The van der Waals surface area contributed by atoms with Crippen molar-refractivity contribution in [1.29, 1.82) is 0 Å². The molecule has 0 radical (unpaired) electrons. The van der Waals surface area contributed by atoms with Crippen molar-refractivity contribution in [1.82, 2.24) is 10.6 Å². The molecular formula is C15H30N2O4. The predicted molar refractivity (Wildman–Crippen MR) is 82.5 cm³/mol. The average molecular weight is 302 g/mol. The van der Waals surface area contributed by atoms with E-state index in [-0.39, 0.29) is 6.54 Å². The summed E-state index contributed by atoms with van der Waals surface area (Å²) in [5.41, 5.74) is 0. The predicted octanol–water partition coefficient (Wildman–Crippen LogP) is 1.84. The first-order chi connectivity index (χ1) is 9.97. The molecule has 4 N–H and O–H groups in total. The topological polar surface area (TPSA) is 98.7 Å². The van der Waals surface area contributed by atoms with Gasteiger partial charge in [0.15, 0.2) is 0 Å². The molecule has 1 fully saturated rings. The summed E-state index contributed by atoms with van der Waals surface area (Å²) in [7, 11) is 0. The minimum atomic E-state index is -0.786. The van der Waals surface area contributed by atoms with Crippen LogP contribution in [0.5, 0.6) is 0 Å². The molecule has 0 aromatic heterocycles. The van der Waals surface area contributed by atoms with Crippen LogP contribution in [0.1, 0.15) is 58.8 Å². The van der Waals surface area contributed by atoms with Gasteiger partial charge in [0.05, 0.1) is 6.54 Å². The van der Waals surface area contributed by atoms with Gasteiger partial charge in [-0.05, 0) is 32.7 Å². The lowest BCUT2D eigenvalue weighted by atomic mass is 9.95. The molecule has 0 bridgehead atoms. The maximum absolute atomic E-state index is 10.5. The van der Waals surface area contributed by atoms with Crippen LogP contribution in [0.4, 0.5) is 0 Å². The highest BCUT2D eigenvalue weighted by molar-refractivity contribution is 5.72. The van der Waals surface area contributed by atoms with Crippen LogP contribution in [-0.2, 0) is 9.59 Å². The van der Waals surface area contributed by atoms with Gasteiger partial charge in [-0.15, -0.1) is 0 Å². The maximum atomic E-state index is 10.5. The number of hydrogen-bond donors (Lipinski definition) is 4. The van der Waals surface area contributed by atoms with Crippen LogP contribution in [0.3, 0.4) is 0 Å². The van der Waals surface area contributed by atoms with Gasteiger partial charge in [0.2, 0.25) is 0 Å². The van der Waals surface area contributed by atoms with Crippen LogP contribution in [0.25, 0.3) is 0 Å². The molecule has 6 heteroatoms. The van der Waals surface area contributed by atoms with Gasteiger partial charge in [-0.3, -0.25) is 9.59 Å². The van der Waals surface area contributed by atoms with Gasteiger partial charge in [0.25, 0.3) is 0 Å². The third-order valence-electron chi connectivity index (χ3n) is 3.44. The fraction of sp³-hybridized carbons (Fsp3) is 0.867. The summed E-state index contributed by atoms with van der Waals surface area (Å²) < 4.78 is 0. The van der Waals surface area contributed by atoms with E-state index in [0.29, 0.717) is 6.04 Å². The van der Waals surface area contributed by atoms with E-state index in [4.69, 9.17) is 10.2 Å². The van der Waals surface area contributed by atoms with E-state index in [1.807, 2.05) is 0 Å². The van der Waals surface area contributed by atoms with Crippen molar-refractivity contribution in [3.8, 4) is 0 Å². The molecular weight excluding hydrogens is 272 g/mol. The SMILES string of the molecule is CCCCNCC(=O)O.C[C@H](NC1CCCCC1)C(=O)O. The molecule has 1 aliphatic rings. The number of unbranched alkanes of at least 4 members (excludes halogenated alkanes) is 1. The Balaban J connectivity index is 0.000000400. The minimum absolute atomic E-state index is 0.0833. The highest BCUT2D eigenvalue weighted by Crippen LogP contribution is 2.17. The smallest absolute Gasteiger partial charge is 0.320 e. The number of hydrogen-bond acceptors (Lipinski definition) is 4. The highest BCUT2D eigenvalue weighted by Gasteiger charge is 2.18. The molecule has 0 unspecified atom stereocenters. The van der Waals surface area contributed by atoms with Crippen molar-refractivity contribution in [2.24, 2.45) is 0 Å². The van der Waals surface area contributed by atoms with Crippen LogP contribution in [-0.4, -0.2) is 47.3 Å². The van der Waals surface area contributed by atoms with Gasteiger partial charge in [0, 0.05) is 6.04 Å². The van der Waals surface area contributed by atoms with Gasteiger partial charge in [-0.25, -0.2) is 0 Å². The lowest BCUT2D eigenvalue weighted by molar-refractivity contribution is -0.139. The first kappa shape index (κ1) is 19.9. The van der Waals surface area contributed by atoms with Crippen LogP contribution < -0.4 is 10.6 Å². The number of carboxylic acids is 2. The first-order valence-corrected chi connectivity index (χ1v) is 7.88. The normalized spacial score (nSPS) is 16.7. The molecule has 0 saturated heterocycles. The van der Waals surface area contributed by atoms with Gasteiger partial charge in [0.1, 0.15) is 6.04 Å². The van der Waals surface area contributed by atoms with E-state index >= 15 is 0 Å². The van der Waals surface area contributed by atoms with Crippen LogP contribution in [0.2, 0.25) is 0 Å². The van der Waals surface area contributed by atoms with Crippen molar-refractivity contribution in [3.05, 3.63) is 0 Å². The average Bonchev–Trinajstić information content (AvgIpc) is 2.45. The molecule has 1 saturated carbocycles. The fourth-order valence-corrected chi connectivity index (χ4v) is 2.19. The molecule has 0 spiro atoms. The quantitative estimate of drug-likeness (QED) is 0.511. The standard InChI is InChI=1S/C9H17NO2.C6H13NO2/c1-7(9(11)12)10-8-5-3-2-4-6-8;1-2-3-4-7-5-6(8)9/h7-8,10H,2-6H2,1H3,(H,11,12);7H,2-5H2,1H3,(H,8,9)/t7-;/m0./s1. The van der Waals surface area contributed by atoms with Crippen LogP contribution in [0, 0.1) is 0 Å². The van der Waals surface area contributed by atoms with Crippen molar-refractivity contribution in [3.63, 3.8) is 0 Å². The Morgan fingerprint density at radius 1 is 1.19 bits per heavy atom. The monoisotopic (exact) mass is 302 g/mol. The van der Waals surface area contributed by atoms with E-state index in [1.54, 1.807) is 6.92 Å². The number of carbonyl (C=O) groups is 2. The molecule has 1 atom stereocenters. The Bertz CT molecular complexity index is 291. The minimum Gasteiger partial charge on any atom is -0.480 e. The van der Waals surface area contributed by atoms with Crippen molar-refractivity contribution >= 4 is 11.9 Å². The molecule has 1 rings (SSSR count). The Labute approximate surface area is 127 Å². The van der Waals surface area contributed by atoms with Gasteiger partial charge >= 0.3 is 11.9 Å². The highest BCUT2D eigenvalue weighted by atomic mass is 16.4. The Morgan fingerprint density at radius 3 is 2.29 bits per heavy atom. The van der Waals surface area contributed by atoms with E-state index in [1.165, 1.54) is 19.3 Å². The summed E-state index contributed by atoms with van der Waals surface area (Å²) in [5, 5.41) is 22.7. The largest absolute Gasteiger partial charge is 0.480 e. The summed E-state index contributed by atoms with van der Waals surface area (Å²) >= 11 is 0. The number of rotatable bonds is 8. The summed E-state index contributed by atoms with van der Waals surface area (Å²) in [6.45, 7) is 4.67. The summed E-state index contributed by atoms with van der Waals surface area (Å²) in [6, 6.07) is 0.0398. The van der Waals surface area contributed by atoms with E-state index in [9.17, 15) is 9.59 Å². The molecule has 0 heterocycles. The van der Waals surface area contributed by atoms with E-state index in [0.717, 1.165) is 32.2 Å². The summed E-state index contributed by atoms with van der Waals surface area (Å²) in [6.07, 6.45) is 8.21. The Hall–Kier alpha value is -1.14. The molecule has 6 nitrogen and oxygen atoms in total. The zero-order chi connectivity index (χ0) is 16.1. The number of carboxylic acid groups (broad SMARTS) is 2. The van der Waals surface area contributed by atoms with Crippen LogP contribution >= 0.6 is 0 Å². The molecule has 21 heavy (non-hydrogen) atoms.